The Bertz CT molecular complexity index is 991. The van der Waals surface area contributed by atoms with Gasteiger partial charge in [-0.05, 0) is 26.0 Å². The molecule has 0 bridgehead atoms. The Morgan fingerprint density at radius 1 is 1.25 bits per heavy atom. The Morgan fingerprint density at radius 3 is 2.68 bits per heavy atom. The molecule has 1 N–H and O–H groups in total. The van der Waals surface area contributed by atoms with E-state index in [1.807, 2.05) is 0 Å². The highest BCUT2D eigenvalue weighted by molar-refractivity contribution is 7.90. The number of pyridine rings is 1. The largest absolute Gasteiger partial charge is 0.609 e. The molecule has 10 heteroatoms. The molecule has 0 aliphatic heterocycles. The van der Waals surface area contributed by atoms with Crippen LogP contribution in [0.1, 0.15) is 16.8 Å². The lowest BCUT2D eigenvalue weighted by atomic mass is 10.1. The number of rotatable bonds is 6. The summed E-state index contributed by atoms with van der Waals surface area (Å²) in [5.41, 5.74) is 2.60. The van der Waals surface area contributed by atoms with E-state index in [-0.39, 0.29) is 16.7 Å². The highest BCUT2D eigenvalue weighted by Gasteiger charge is 2.29. The third kappa shape index (κ3) is 4.50. The zero-order chi connectivity index (χ0) is 20.5. The molecule has 0 unspecified atom stereocenters. The van der Waals surface area contributed by atoms with E-state index in [1.54, 1.807) is 32.0 Å². The van der Waals surface area contributed by atoms with Gasteiger partial charge in [-0.1, -0.05) is 0 Å². The number of fused-ring (bicyclic) bond motifs is 1. The third-order valence-corrected chi connectivity index (χ3v) is 5.24. The summed E-state index contributed by atoms with van der Waals surface area (Å²) in [4.78, 5) is 11.5. The zero-order valence-electron chi connectivity index (χ0n) is 15.4. The van der Waals surface area contributed by atoms with Crippen molar-refractivity contribution in [3.8, 4) is 11.5 Å². The standard InChI is InChI=1S/C18H18F3N3O3S/c1-10-7-22-15(11(2)16(10)27-9-18(19,20)21)8-28(25)17-23-13-5-4-12(26-3)6-14(13)24-17/h4-7H,8-9H2,1-3H3,(H,23,24)/t28-/m0/s1. The molecule has 0 amide bonds. The number of nitrogens with one attached hydrogen (secondary N) is 1. The second-order valence-corrected chi connectivity index (χ2v) is 7.53. The van der Waals surface area contributed by atoms with Gasteiger partial charge in [0.1, 0.15) is 11.5 Å². The number of hydrogen-bond acceptors (Lipinski definition) is 5. The van der Waals surface area contributed by atoms with E-state index >= 15 is 0 Å². The van der Waals surface area contributed by atoms with E-state index in [1.165, 1.54) is 13.3 Å². The lowest BCUT2D eigenvalue weighted by molar-refractivity contribution is -0.153. The van der Waals surface area contributed by atoms with E-state index < -0.39 is 24.0 Å². The Labute approximate surface area is 162 Å². The van der Waals surface area contributed by atoms with Gasteiger partial charge in [-0.15, -0.1) is 0 Å². The van der Waals surface area contributed by atoms with Crippen molar-refractivity contribution in [1.29, 1.82) is 0 Å². The smallest absolute Gasteiger partial charge is 0.422 e. The van der Waals surface area contributed by atoms with Crippen molar-refractivity contribution in [3.05, 3.63) is 41.2 Å². The molecule has 150 valence electrons. The predicted molar refractivity (Wildman–Crippen MR) is 98.0 cm³/mol. The number of methoxy groups -OCH3 is 1. The van der Waals surface area contributed by atoms with E-state index in [9.17, 15) is 17.7 Å². The van der Waals surface area contributed by atoms with Crippen LogP contribution in [0.3, 0.4) is 0 Å². The molecule has 2 heterocycles. The molecule has 2 aromatic heterocycles. The van der Waals surface area contributed by atoms with E-state index in [0.717, 1.165) is 0 Å². The molecule has 28 heavy (non-hydrogen) atoms. The first-order valence-corrected chi connectivity index (χ1v) is 9.56. The summed E-state index contributed by atoms with van der Waals surface area (Å²) in [6.45, 7) is 1.81. The highest BCUT2D eigenvalue weighted by atomic mass is 32.2. The molecule has 0 spiro atoms. The van der Waals surface area contributed by atoms with E-state index in [4.69, 9.17) is 9.47 Å². The second kappa shape index (κ2) is 7.88. The lowest BCUT2D eigenvalue weighted by Crippen LogP contribution is -2.20. The van der Waals surface area contributed by atoms with Crippen molar-refractivity contribution in [3.63, 3.8) is 0 Å². The average molecular weight is 413 g/mol. The molecular weight excluding hydrogens is 395 g/mol. The first kappa shape index (κ1) is 20.3. The van der Waals surface area contributed by atoms with Gasteiger partial charge in [0, 0.05) is 34.6 Å². The highest BCUT2D eigenvalue weighted by Crippen LogP contribution is 2.29. The molecule has 1 atom stereocenters. The maximum atomic E-state index is 12.7. The number of imidazole rings is 1. The fourth-order valence-corrected chi connectivity index (χ4v) is 3.77. The zero-order valence-corrected chi connectivity index (χ0v) is 16.2. The maximum Gasteiger partial charge on any atom is 0.422 e. The van der Waals surface area contributed by atoms with Crippen LogP contribution in [0.5, 0.6) is 11.5 Å². The van der Waals surface area contributed by atoms with Gasteiger partial charge >= 0.3 is 11.3 Å². The fourth-order valence-electron chi connectivity index (χ4n) is 2.67. The van der Waals surface area contributed by atoms with Crippen LogP contribution in [0.2, 0.25) is 0 Å². The number of aryl methyl sites for hydroxylation is 1. The topological polar surface area (TPSA) is 83.1 Å². The van der Waals surface area contributed by atoms with E-state index in [2.05, 4.69) is 15.0 Å². The molecule has 0 aliphatic rings. The Kier molecular flexibility index (Phi) is 5.71. The van der Waals surface area contributed by atoms with Crippen LogP contribution in [0.4, 0.5) is 13.2 Å². The molecule has 1 aromatic carbocycles. The molecule has 0 fully saturated rings. The van der Waals surface area contributed by atoms with Crippen molar-refractivity contribution in [2.24, 2.45) is 0 Å². The number of benzene rings is 1. The van der Waals surface area contributed by atoms with Crippen LogP contribution in [-0.2, 0) is 16.9 Å². The second-order valence-electron chi connectivity index (χ2n) is 6.16. The number of halogens is 3. The van der Waals surface area contributed by atoms with E-state index in [0.29, 0.717) is 33.6 Å². The molecular formula is C18H18F3N3O3S. The summed E-state index contributed by atoms with van der Waals surface area (Å²) >= 11 is -1.57. The van der Waals surface area contributed by atoms with Crippen molar-refractivity contribution in [2.75, 3.05) is 13.7 Å². The lowest BCUT2D eigenvalue weighted by Gasteiger charge is -2.16. The van der Waals surface area contributed by atoms with Gasteiger partial charge in [0.2, 0.25) is 0 Å². The Hall–Kier alpha value is -2.46. The molecule has 6 nitrogen and oxygen atoms in total. The van der Waals surface area contributed by atoms with Crippen molar-refractivity contribution in [2.45, 2.75) is 30.9 Å². The van der Waals surface area contributed by atoms with Crippen LogP contribution in [-0.4, -0.2) is 39.4 Å². The van der Waals surface area contributed by atoms with Gasteiger partial charge in [-0.3, -0.25) is 9.97 Å². The number of H-pyrrole nitrogens is 1. The normalized spacial score (nSPS) is 13.0. The van der Waals surface area contributed by atoms with Crippen LogP contribution < -0.4 is 9.47 Å². The summed E-state index contributed by atoms with van der Waals surface area (Å²) in [6, 6.07) is 5.23. The Morgan fingerprint density at radius 2 is 2.00 bits per heavy atom. The minimum atomic E-state index is -4.44. The van der Waals surface area contributed by atoms with Crippen molar-refractivity contribution in [1.82, 2.24) is 15.0 Å². The van der Waals surface area contributed by atoms with Crippen molar-refractivity contribution >= 4 is 22.2 Å². The minimum absolute atomic E-state index is 0.00848. The van der Waals surface area contributed by atoms with Crippen LogP contribution in [0.25, 0.3) is 11.0 Å². The maximum absolute atomic E-state index is 12.7. The first-order valence-electron chi connectivity index (χ1n) is 8.24. The molecule has 3 rings (SSSR count). The summed E-state index contributed by atoms with van der Waals surface area (Å²) in [5.74, 6) is 0.721. The number of nitrogens with zero attached hydrogens (tertiary/aromatic N) is 2. The summed E-state index contributed by atoms with van der Waals surface area (Å²) in [5, 5.41) is 0.253. The summed E-state index contributed by atoms with van der Waals surface area (Å²) in [6.07, 6.45) is -3.03. The third-order valence-electron chi connectivity index (χ3n) is 4.08. The fraction of sp³-hybridized carbons (Fsp3) is 0.333. The summed E-state index contributed by atoms with van der Waals surface area (Å²) < 4.78 is 60.2. The molecule has 0 aliphatic carbocycles. The monoisotopic (exact) mass is 413 g/mol. The molecule has 3 aromatic rings. The van der Waals surface area contributed by atoms with Gasteiger partial charge in [0.05, 0.1) is 23.8 Å². The number of aromatic amines is 1. The molecule has 0 radical (unpaired) electrons. The minimum Gasteiger partial charge on any atom is -0.609 e. The van der Waals surface area contributed by atoms with Gasteiger partial charge < -0.3 is 14.0 Å². The van der Waals surface area contributed by atoms with Gasteiger partial charge in [-0.2, -0.15) is 18.2 Å². The first-order chi connectivity index (χ1) is 13.2. The van der Waals surface area contributed by atoms with Crippen LogP contribution in [0.15, 0.2) is 29.6 Å². The van der Waals surface area contributed by atoms with Gasteiger partial charge in [0.25, 0.3) is 0 Å². The number of alkyl halides is 3. The molecule has 0 saturated carbocycles. The summed E-state index contributed by atoms with van der Waals surface area (Å²) in [7, 11) is 1.54. The SMILES string of the molecule is COc1ccc2[nH]c([S@@+]([O-])Cc3ncc(C)c(OCC(F)(F)F)c3C)nc2c1. The average Bonchev–Trinajstić information content (AvgIpc) is 3.06. The number of ether oxygens (including phenoxy) is 2. The predicted octanol–water partition coefficient (Wildman–Crippen LogP) is 3.83. The van der Waals surface area contributed by atoms with Crippen LogP contribution in [0, 0.1) is 13.8 Å². The van der Waals surface area contributed by atoms with Gasteiger partial charge in [-0.25, -0.2) is 0 Å². The molecule has 0 saturated heterocycles. The van der Waals surface area contributed by atoms with Crippen molar-refractivity contribution < 1.29 is 27.2 Å². The number of hydrogen-bond donors (Lipinski definition) is 1. The quantitative estimate of drug-likeness (QED) is 0.621. The van der Waals surface area contributed by atoms with Crippen LogP contribution >= 0.6 is 0 Å². The Balaban J connectivity index is 1.82. The number of aromatic nitrogens is 3. The van der Waals surface area contributed by atoms with Gasteiger partial charge in [0.15, 0.2) is 12.4 Å².